The highest BCUT2D eigenvalue weighted by Gasteiger charge is 2.37. The van der Waals surface area contributed by atoms with E-state index in [1.807, 2.05) is 6.07 Å². The van der Waals surface area contributed by atoms with Crippen LogP contribution < -0.4 is 15.4 Å². The van der Waals surface area contributed by atoms with E-state index in [1.54, 1.807) is 39.0 Å². The van der Waals surface area contributed by atoms with E-state index >= 15 is 0 Å². The number of aromatic nitrogens is 2. The molecule has 2 aromatic rings. The van der Waals surface area contributed by atoms with E-state index in [9.17, 15) is 28.8 Å². The molecule has 16 heteroatoms. The van der Waals surface area contributed by atoms with Gasteiger partial charge in [-0.3, -0.25) is 24.0 Å². The molecule has 16 nitrogen and oxygen atoms in total. The molecule has 2 saturated carbocycles. The number of carbonyl (C=O) groups excluding carboxylic acids is 6. The van der Waals surface area contributed by atoms with Crippen molar-refractivity contribution in [1.82, 2.24) is 35.1 Å². The predicted octanol–water partition coefficient (Wildman–Crippen LogP) is 1.80. The number of nitrogens with one attached hydrogen (secondary N) is 2. The third-order valence-electron chi connectivity index (χ3n) is 10.2. The lowest BCUT2D eigenvalue weighted by atomic mass is 9.93. The molecule has 0 bridgehead atoms. The van der Waals surface area contributed by atoms with Crippen molar-refractivity contribution in [3.8, 4) is 11.6 Å². The zero-order chi connectivity index (χ0) is 36.6. The van der Waals surface area contributed by atoms with E-state index in [1.165, 1.54) is 17.9 Å². The Kier molecular flexibility index (Phi) is 11.9. The summed E-state index contributed by atoms with van der Waals surface area (Å²) in [5.74, 6) is -2.03. The normalized spacial score (nSPS) is 19.6. The van der Waals surface area contributed by atoms with Gasteiger partial charge in [0.1, 0.15) is 18.2 Å². The second kappa shape index (κ2) is 16.9. The second-order valence-electron chi connectivity index (χ2n) is 13.7. The predicted molar refractivity (Wildman–Crippen MR) is 184 cm³/mol. The van der Waals surface area contributed by atoms with Crippen LogP contribution in [0.3, 0.4) is 0 Å². The van der Waals surface area contributed by atoms with Gasteiger partial charge in [-0.15, -0.1) is 0 Å². The molecule has 0 spiro atoms. The zero-order valence-corrected chi connectivity index (χ0v) is 29.5. The number of para-hydroxylation sites is 1. The van der Waals surface area contributed by atoms with Crippen LogP contribution in [-0.2, 0) is 28.7 Å². The molecule has 5 amide bonds. The van der Waals surface area contributed by atoms with Crippen LogP contribution in [0.2, 0.25) is 0 Å². The van der Waals surface area contributed by atoms with Gasteiger partial charge in [0.2, 0.25) is 17.7 Å². The van der Waals surface area contributed by atoms with E-state index in [0.29, 0.717) is 25.1 Å². The molecule has 2 aliphatic heterocycles. The number of rotatable bonds is 13. The number of hydrogen-bond acceptors (Lipinski definition) is 10. The van der Waals surface area contributed by atoms with Gasteiger partial charge >= 0.3 is 12.1 Å². The van der Waals surface area contributed by atoms with Crippen LogP contribution in [0.15, 0.2) is 36.4 Å². The van der Waals surface area contributed by atoms with Gasteiger partial charge in [0.15, 0.2) is 12.3 Å². The molecule has 0 radical (unpaired) electrons. The summed E-state index contributed by atoms with van der Waals surface area (Å²) in [6, 6.07) is 8.82. The molecule has 4 aliphatic rings. The van der Waals surface area contributed by atoms with Crippen LogP contribution in [0.4, 0.5) is 4.79 Å². The molecule has 2 saturated heterocycles. The summed E-state index contributed by atoms with van der Waals surface area (Å²) in [7, 11) is 1.25. The largest absolute Gasteiger partial charge is 0.469 e. The molecule has 1 aromatic heterocycles. The smallest absolute Gasteiger partial charge is 0.410 e. The van der Waals surface area contributed by atoms with E-state index in [2.05, 4.69) is 15.7 Å². The number of likely N-dealkylation sites (tertiary alicyclic amines) is 1. The number of methoxy groups -OCH3 is 1. The van der Waals surface area contributed by atoms with Crippen LogP contribution in [-0.4, -0.2) is 131 Å². The zero-order valence-electron chi connectivity index (χ0n) is 29.5. The highest BCUT2D eigenvalue weighted by Crippen LogP contribution is 2.25. The summed E-state index contributed by atoms with van der Waals surface area (Å²) >= 11 is 0. The van der Waals surface area contributed by atoms with E-state index in [0.717, 1.165) is 38.5 Å². The monoisotopic (exact) mass is 721 g/mol. The van der Waals surface area contributed by atoms with Crippen LogP contribution >= 0.6 is 0 Å². The van der Waals surface area contributed by atoms with Crippen molar-refractivity contribution < 1.29 is 43.0 Å². The number of esters is 1. The Balaban J connectivity index is 1.12. The molecular formula is C36H47N7O9. The van der Waals surface area contributed by atoms with Gasteiger partial charge in [-0.2, -0.15) is 5.10 Å². The minimum Gasteiger partial charge on any atom is -0.469 e. The quantitative estimate of drug-likeness (QED) is 0.290. The van der Waals surface area contributed by atoms with Gasteiger partial charge in [0, 0.05) is 51.3 Å². The van der Waals surface area contributed by atoms with Crippen LogP contribution in [0, 0.1) is 0 Å². The van der Waals surface area contributed by atoms with Crippen molar-refractivity contribution in [2.24, 2.45) is 0 Å². The Morgan fingerprint density at radius 3 is 2.25 bits per heavy atom. The van der Waals surface area contributed by atoms with Crippen molar-refractivity contribution in [2.45, 2.75) is 88.4 Å². The molecule has 280 valence electrons. The SMILES string of the molecule is COC(=O)CCC(NC(=O)c1cc(OCC(=O)N2CCCC2C(=O)NC2CCC2)n(-c2ccccc2)n1)C(=O)N1CCN(C(=O)OC2CCC2)CC1. The molecule has 4 fully saturated rings. The van der Waals surface area contributed by atoms with Crippen molar-refractivity contribution in [3.05, 3.63) is 42.1 Å². The first kappa shape index (κ1) is 36.6. The van der Waals surface area contributed by atoms with Gasteiger partial charge in [-0.1, -0.05) is 18.2 Å². The second-order valence-corrected chi connectivity index (χ2v) is 13.7. The molecule has 2 atom stereocenters. The van der Waals surface area contributed by atoms with Gasteiger partial charge in [0.05, 0.1) is 12.8 Å². The maximum atomic E-state index is 13.7. The number of benzene rings is 1. The number of carbonyl (C=O) groups is 6. The fraction of sp³-hybridized carbons (Fsp3) is 0.583. The molecular weight excluding hydrogens is 674 g/mol. The topological polar surface area (TPSA) is 182 Å². The first-order valence-corrected chi connectivity index (χ1v) is 18.2. The average molecular weight is 722 g/mol. The first-order valence-electron chi connectivity index (χ1n) is 18.2. The summed E-state index contributed by atoms with van der Waals surface area (Å²) in [4.78, 5) is 82.9. The van der Waals surface area contributed by atoms with E-state index in [4.69, 9.17) is 14.2 Å². The van der Waals surface area contributed by atoms with Crippen molar-refractivity contribution >= 4 is 35.7 Å². The van der Waals surface area contributed by atoms with E-state index in [-0.39, 0.29) is 81.2 Å². The Morgan fingerprint density at radius 1 is 0.885 bits per heavy atom. The van der Waals surface area contributed by atoms with Gasteiger partial charge in [-0.25, -0.2) is 9.48 Å². The summed E-state index contributed by atoms with van der Waals surface area (Å²) in [6.45, 7) is 1.08. The van der Waals surface area contributed by atoms with E-state index < -0.39 is 36.0 Å². The maximum absolute atomic E-state index is 13.7. The Labute approximate surface area is 302 Å². The molecule has 2 aliphatic carbocycles. The summed E-state index contributed by atoms with van der Waals surface area (Å²) < 4.78 is 17.6. The minimum absolute atomic E-state index is 0.0240. The Bertz CT molecular complexity index is 1620. The van der Waals surface area contributed by atoms with Crippen molar-refractivity contribution in [1.29, 1.82) is 0 Å². The standard InChI is InChI=1S/C36H47N7O9/c1-50-32(45)16-15-27(35(48)40-18-20-41(21-19-40)36(49)52-26-12-6-13-26)38-33(46)28-22-31(43(39-28)25-10-3-2-4-11-25)51-23-30(44)42-17-7-14-29(42)34(47)37-24-8-5-9-24/h2-4,10-11,22,24,26-27,29H,5-9,12-21,23H2,1H3,(H,37,47)(H,38,46). The summed E-state index contributed by atoms with van der Waals surface area (Å²) in [5.41, 5.74) is 0.486. The molecule has 6 rings (SSSR count). The van der Waals surface area contributed by atoms with Gasteiger partial charge < -0.3 is 39.5 Å². The summed E-state index contributed by atoms with van der Waals surface area (Å²) in [5, 5.41) is 10.2. The number of amides is 5. The van der Waals surface area contributed by atoms with Gasteiger partial charge in [0.25, 0.3) is 11.8 Å². The number of nitrogens with zero attached hydrogens (tertiary/aromatic N) is 5. The Hall–Kier alpha value is -5.15. The fourth-order valence-corrected chi connectivity index (χ4v) is 6.63. The third kappa shape index (κ3) is 8.83. The lowest BCUT2D eigenvalue weighted by Crippen LogP contribution is -2.56. The number of piperazine rings is 1. The van der Waals surface area contributed by atoms with Crippen molar-refractivity contribution in [2.75, 3.05) is 46.4 Å². The highest BCUT2D eigenvalue weighted by molar-refractivity contribution is 5.96. The summed E-state index contributed by atoms with van der Waals surface area (Å²) in [6.07, 6.45) is 6.45. The maximum Gasteiger partial charge on any atom is 0.410 e. The first-order chi connectivity index (χ1) is 25.2. The third-order valence-corrected chi connectivity index (χ3v) is 10.2. The molecule has 2 N–H and O–H groups in total. The van der Waals surface area contributed by atoms with Crippen molar-refractivity contribution in [3.63, 3.8) is 0 Å². The number of hydrogen-bond donors (Lipinski definition) is 2. The Morgan fingerprint density at radius 2 is 1.60 bits per heavy atom. The molecule has 3 heterocycles. The fourth-order valence-electron chi connectivity index (χ4n) is 6.63. The molecule has 2 unspecified atom stereocenters. The van der Waals surface area contributed by atoms with Crippen LogP contribution in [0.5, 0.6) is 5.88 Å². The average Bonchev–Trinajstić information content (AvgIpc) is 3.80. The molecule has 52 heavy (non-hydrogen) atoms. The van der Waals surface area contributed by atoms with Gasteiger partial charge in [-0.05, 0) is 69.9 Å². The lowest BCUT2D eigenvalue weighted by Gasteiger charge is -2.37. The lowest BCUT2D eigenvalue weighted by molar-refractivity contribution is -0.141. The van der Waals surface area contributed by atoms with Crippen LogP contribution in [0.1, 0.15) is 74.7 Å². The highest BCUT2D eigenvalue weighted by atomic mass is 16.6. The molecule has 1 aromatic carbocycles. The van der Waals surface area contributed by atoms with Crippen LogP contribution in [0.25, 0.3) is 5.69 Å². The number of ether oxygens (including phenoxy) is 3. The minimum atomic E-state index is -1.09.